The molecule has 8 heteroatoms. The van der Waals surface area contributed by atoms with Crippen molar-refractivity contribution in [2.75, 3.05) is 13.2 Å². The number of carboxylic acids is 1. The van der Waals surface area contributed by atoms with Crippen LogP contribution in [0, 0.1) is 0 Å². The second-order valence-corrected chi connectivity index (χ2v) is 6.58. The van der Waals surface area contributed by atoms with E-state index < -0.39 is 28.8 Å². The summed E-state index contributed by atoms with van der Waals surface area (Å²) in [6.07, 6.45) is 0.424. The minimum atomic E-state index is -3.90. The molecule has 1 heterocycles. The first kappa shape index (κ1) is 15.9. The van der Waals surface area contributed by atoms with Crippen molar-refractivity contribution in [2.24, 2.45) is 0 Å². The summed E-state index contributed by atoms with van der Waals surface area (Å²) in [5, 5.41) is 17.8. The molecule has 0 aliphatic carbocycles. The van der Waals surface area contributed by atoms with Crippen LogP contribution in [0.3, 0.4) is 0 Å². The molecule has 0 fully saturated rings. The molecule has 0 bridgehead atoms. The molecule has 2 rings (SSSR count). The van der Waals surface area contributed by atoms with E-state index in [1.54, 1.807) is 0 Å². The van der Waals surface area contributed by atoms with Gasteiger partial charge >= 0.3 is 5.97 Å². The lowest BCUT2D eigenvalue weighted by Gasteiger charge is -2.29. The Balaban J connectivity index is 2.12. The Morgan fingerprint density at radius 1 is 1.33 bits per heavy atom. The molecule has 1 aliphatic rings. The Labute approximate surface area is 123 Å². The van der Waals surface area contributed by atoms with Crippen LogP contribution < -0.4 is 4.72 Å². The van der Waals surface area contributed by atoms with Gasteiger partial charge in [-0.2, -0.15) is 17.4 Å². The Hall–Kier alpha value is -1.48. The van der Waals surface area contributed by atoms with Crippen molar-refractivity contribution < 1.29 is 23.4 Å². The van der Waals surface area contributed by atoms with E-state index in [9.17, 15) is 13.2 Å². The predicted molar refractivity (Wildman–Crippen MR) is 75.7 cm³/mol. The molecule has 21 heavy (non-hydrogen) atoms. The number of benzene rings is 1. The Bertz CT molecular complexity index is 617. The zero-order valence-electron chi connectivity index (χ0n) is 11.4. The van der Waals surface area contributed by atoms with Crippen LogP contribution in [0.4, 0.5) is 0 Å². The molecule has 0 amide bonds. The van der Waals surface area contributed by atoms with E-state index in [-0.39, 0.29) is 13.0 Å². The maximum absolute atomic E-state index is 12.3. The molecular formula is C13H18N2O5S. The lowest BCUT2D eigenvalue weighted by Crippen LogP contribution is -2.49. The van der Waals surface area contributed by atoms with E-state index in [1.807, 2.05) is 24.3 Å². The highest BCUT2D eigenvalue weighted by Gasteiger charge is 2.30. The second-order valence-electron chi connectivity index (χ2n) is 4.88. The molecule has 1 aliphatic heterocycles. The Morgan fingerprint density at radius 3 is 2.62 bits per heavy atom. The van der Waals surface area contributed by atoms with Crippen LogP contribution in [0.15, 0.2) is 24.3 Å². The minimum Gasteiger partial charge on any atom is -0.480 e. The monoisotopic (exact) mass is 314 g/mol. The van der Waals surface area contributed by atoms with Gasteiger partial charge in [0.2, 0.25) is 0 Å². The van der Waals surface area contributed by atoms with Crippen molar-refractivity contribution in [1.29, 1.82) is 0 Å². The first-order chi connectivity index (χ1) is 9.94. The molecule has 0 radical (unpaired) electrons. The topological polar surface area (TPSA) is 107 Å². The summed E-state index contributed by atoms with van der Waals surface area (Å²) < 4.78 is 27.9. The van der Waals surface area contributed by atoms with Gasteiger partial charge in [0.25, 0.3) is 10.2 Å². The third-order valence-corrected chi connectivity index (χ3v) is 5.02. The lowest BCUT2D eigenvalue weighted by molar-refractivity contribution is -0.139. The van der Waals surface area contributed by atoms with Gasteiger partial charge in [-0.3, -0.25) is 4.79 Å². The molecule has 1 unspecified atom stereocenters. The van der Waals surface area contributed by atoms with Crippen LogP contribution in [0.25, 0.3) is 0 Å². The van der Waals surface area contributed by atoms with Gasteiger partial charge in [0.05, 0.1) is 0 Å². The minimum absolute atomic E-state index is 0.168. The van der Waals surface area contributed by atoms with Crippen molar-refractivity contribution in [1.82, 2.24) is 9.03 Å². The summed E-state index contributed by atoms with van der Waals surface area (Å²) in [6, 6.07) is 6.24. The summed E-state index contributed by atoms with van der Waals surface area (Å²) in [5.74, 6) is -1.30. The number of hydrogen-bond acceptors (Lipinski definition) is 4. The van der Waals surface area contributed by atoms with Gasteiger partial charge in [-0.1, -0.05) is 24.3 Å². The number of fused-ring (bicyclic) bond motifs is 1. The maximum atomic E-state index is 12.3. The first-order valence-corrected chi connectivity index (χ1v) is 8.06. The van der Waals surface area contributed by atoms with Crippen LogP contribution in [0.1, 0.15) is 17.5 Å². The average molecular weight is 314 g/mol. The van der Waals surface area contributed by atoms with E-state index in [2.05, 4.69) is 4.72 Å². The number of nitrogens with one attached hydrogen (secondary N) is 1. The summed E-state index contributed by atoms with van der Waals surface area (Å²) in [5.41, 5.74) is 2.03. The zero-order chi connectivity index (χ0) is 15.5. The summed E-state index contributed by atoms with van der Waals surface area (Å²) in [4.78, 5) is 11.0. The number of nitrogens with zero attached hydrogens (tertiary/aromatic N) is 1. The smallest absolute Gasteiger partial charge is 0.321 e. The lowest BCUT2D eigenvalue weighted by atomic mass is 10.0. The number of aliphatic carboxylic acids is 1. The van der Waals surface area contributed by atoms with Crippen LogP contribution in [0.5, 0.6) is 0 Å². The van der Waals surface area contributed by atoms with Crippen molar-refractivity contribution in [3.05, 3.63) is 35.4 Å². The van der Waals surface area contributed by atoms with Gasteiger partial charge in [-0.25, -0.2) is 0 Å². The van der Waals surface area contributed by atoms with E-state index in [4.69, 9.17) is 10.2 Å². The van der Waals surface area contributed by atoms with Crippen LogP contribution in [-0.2, 0) is 28.0 Å². The fourth-order valence-corrected chi connectivity index (χ4v) is 3.66. The van der Waals surface area contributed by atoms with Crippen LogP contribution in [-0.4, -0.2) is 48.1 Å². The van der Waals surface area contributed by atoms with Gasteiger partial charge in [0, 0.05) is 19.7 Å². The molecule has 0 aromatic heterocycles. The van der Waals surface area contributed by atoms with E-state index in [1.165, 1.54) is 4.31 Å². The normalized spacial score (nSPS) is 17.2. The molecular weight excluding hydrogens is 296 g/mol. The highest BCUT2D eigenvalue weighted by molar-refractivity contribution is 7.87. The Kier molecular flexibility index (Phi) is 4.94. The summed E-state index contributed by atoms with van der Waals surface area (Å²) in [7, 11) is -3.90. The second kappa shape index (κ2) is 6.52. The first-order valence-electron chi connectivity index (χ1n) is 6.62. The molecule has 1 atom stereocenters. The Morgan fingerprint density at radius 2 is 2.00 bits per heavy atom. The third-order valence-electron chi connectivity index (χ3n) is 3.44. The predicted octanol–water partition coefficient (Wildman–Crippen LogP) is -0.285. The van der Waals surface area contributed by atoms with Gasteiger partial charge in [0.1, 0.15) is 6.04 Å². The van der Waals surface area contributed by atoms with E-state index >= 15 is 0 Å². The van der Waals surface area contributed by atoms with Gasteiger partial charge in [-0.05, 0) is 24.0 Å². The molecule has 116 valence electrons. The van der Waals surface area contributed by atoms with E-state index in [0.717, 1.165) is 11.1 Å². The third kappa shape index (κ3) is 3.79. The SMILES string of the molecule is O=C(O)C(CCO)NS(=O)(=O)N1CCc2ccccc2C1. The highest BCUT2D eigenvalue weighted by atomic mass is 32.2. The number of hydrogen-bond donors (Lipinski definition) is 3. The summed E-state index contributed by atoms with van der Waals surface area (Å²) >= 11 is 0. The average Bonchev–Trinajstić information content (AvgIpc) is 2.46. The van der Waals surface area contributed by atoms with Gasteiger partial charge < -0.3 is 10.2 Å². The molecule has 1 aromatic carbocycles. The van der Waals surface area contributed by atoms with Gasteiger partial charge in [0.15, 0.2) is 0 Å². The van der Waals surface area contributed by atoms with Crippen molar-refractivity contribution in [3.8, 4) is 0 Å². The zero-order valence-corrected chi connectivity index (χ0v) is 12.2. The number of aliphatic hydroxyl groups excluding tert-OH is 1. The molecule has 7 nitrogen and oxygen atoms in total. The largest absolute Gasteiger partial charge is 0.480 e. The highest BCUT2D eigenvalue weighted by Crippen LogP contribution is 2.20. The van der Waals surface area contributed by atoms with E-state index in [0.29, 0.717) is 13.0 Å². The maximum Gasteiger partial charge on any atom is 0.321 e. The molecule has 0 saturated heterocycles. The number of aliphatic hydroxyl groups is 1. The fourth-order valence-electron chi connectivity index (χ4n) is 2.29. The molecule has 1 aromatic rings. The van der Waals surface area contributed by atoms with Crippen molar-refractivity contribution >= 4 is 16.2 Å². The number of rotatable bonds is 6. The van der Waals surface area contributed by atoms with Crippen LogP contribution >= 0.6 is 0 Å². The number of carbonyl (C=O) groups is 1. The number of carboxylic acid groups (broad SMARTS) is 1. The van der Waals surface area contributed by atoms with Crippen molar-refractivity contribution in [2.45, 2.75) is 25.4 Å². The van der Waals surface area contributed by atoms with Crippen LogP contribution in [0.2, 0.25) is 0 Å². The fraction of sp³-hybridized carbons (Fsp3) is 0.462. The summed E-state index contributed by atoms with van der Waals surface area (Å²) in [6.45, 7) is 0.122. The standard InChI is InChI=1S/C13H18N2O5S/c16-8-6-12(13(17)18)14-21(19,20)15-7-5-10-3-1-2-4-11(10)9-15/h1-4,12,14,16H,5-9H2,(H,17,18). The molecule has 3 N–H and O–H groups in total. The molecule has 0 spiro atoms. The quantitative estimate of drug-likeness (QED) is 0.669. The van der Waals surface area contributed by atoms with Crippen molar-refractivity contribution in [3.63, 3.8) is 0 Å². The van der Waals surface area contributed by atoms with Gasteiger partial charge in [-0.15, -0.1) is 0 Å². The molecule has 0 saturated carbocycles.